The smallest absolute Gasteiger partial charge is 0.251 e. The van der Waals surface area contributed by atoms with E-state index in [0.29, 0.717) is 16.8 Å². The molecule has 5 heteroatoms. The molecule has 0 bridgehead atoms. The first-order valence-corrected chi connectivity index (χ1v) is 6.80. The van der Waals surface area contributed by atoms with Gasteiger partial charge >= 0.3 is 0 Å². The lowest BCUT2D eigenvalue weighted by molar-refractivity contribution is -0.115. The molecule has 2 N–H and O–H groups in total. The highest BCUT2D eigenvalue weighted by atomic mass is 16.2. The summed E-state index contributed by atoms with van der Waals surface area (Å²) < 4.78 is 0. The number of carbonyl (C=O) groups is 3. The number of nitrogens with one attached hydrogen (secondary N) is 2. The molecular formula is C17H16N2O3. The molecule has 0 atom stereocenters. The van der Waals surface area contributed by atoms with Gasteiger partial charge in [0.2, 0.25) is 5.91 Å². The summed E-state index contributed by atoms with van der Waals surface area (Å²) in [5.74, 6) is -0.744. The lowest BCUT2D eigenvalue weighted by atomic mass is 10.1. The van der Waals surface area contributed by atoms with Crippen LogP contribution in [-0.4, -0.2) is 24.1 Å². The summed E-state index contributed by atoms with van der Waals surface area (Å²) in [7, 11) is 0. The molecule has 0 aliphatic carbocycles. The van der Waals surface area contributed by atoms with E-state index in [0.717, 1.165) is 0 Å². The van der Waals surface area contributed by atoms with Gasteiger partial charge in [0.15, 0.2) is 5.78 Å². The standard InChI is InChI=1S/C17H16N2O3/c1-12(20)14-8-5-9-15(10-14)19-16(21)11-18-17(22)13-6-3-2-4-7-13/h2-10H,11H2,1H3,(H,18,22)(H,19,21). The van der Waals surface area contributed by atoms with E-state index in [1.54, 1.807) is 48.5 Å². The quantitative estimate of drug-likeness (QED) is 0.831. The van der Waals surface area contributed by atoms with Crippen LogP contribution in [0.3, 0.4) is 0 Å². The molecule has 2 aromatic carbocycles. The monoisotopic (exact) mass is 296 g/mol. The fourth-order valence-electron chi connectivity index (χ4n) is 1.87. The number of ketones is 1. The molecule has 0 saturated carbocycles. The van der Waals surface area contributed by atoms with Crippen molar-refractivity contribution in [3.05, 3.63) is 65.7 Å². The van der Waals surface area contributed by atoms with Crippen molar-refractivity contribution in [1.82, 2.24) is 5.32 Å². The van der Waals surface area contributed by atoms with Crippen LogP contribution in [-0.2, 0) is 4.79 Å². The third kappa shape index (κ3) is 4.28. The van der Waals surface area contributed by atoms with E-state index in [4.69, 9.17) is 0 Å². The average molecular weight is 296 g/mol. The Hall–Kier alpha value is -2.95. The highest BCUT2D eigenvalue weighted by Crippen LogP contribution is 2.10. The fraction of sp³-hybridized carbons (Fsp3) is 0.118. The van der Waals surface area contributed by atoms with E-state index < -0.39 is 0 Å². The van der Waals surface area contributed by atoms with Crippen LogP contribution in [0.15, 0.2) is 54.6 Å². The number of amides is 2. The topological polar surface area (TPSA) is 75.3 Å². The first-order valence-electron chi connectivity index (χ1n) is 6.80. The number of hydrogen-bond acceptors (Lipinski definition) is 3. The molecule has 0 unspecified atom stereocenters. The largest absolute Gasteiger partial charge is 0.343 e. The van der Waals surface area contributed by atoms with Crippen molar-refractivity contribution in [2.45, 2.75) is 6.92 Å². The molecule has 0 aliphatic heterocycles. The summed E-state index contributed by atoms with van der Waals surface area (Å²) in [6.07, 6.45) is 0. The van der Waals surface area contributed by atoms with Crippen LogP contribution in [0.2, 0.25) is 0 Å². The van der Waals surface area contributed by atoms with E-state index in [2.05, 4.69) is 10.6 Å². The molecule has 2 aromatic rings. The molecule has 0 radical (unpaired) electrons. The van der Waals surface area contributed by atoms with Crippen molar-refractivity contribution in [2.75, 3.05) is 11.9 Å². The Morgan fingerprint density at radius 3 is 2.27 bits per heavy atom. The van der Waals surface area contributed by atoms with Gasteiger partial charge in [0.05, 0.1) is 6.54 Å². The minimum Gasteiger partial charge on any atom is -0.343 e. The Labute approximate surface area is 128 Å². The Morgan fingerprint density at radius 1 is 0.909 bits per heavy atom. The van der Waals surface area contributed by atoms with Crippen LogP contribution in [0, 0.1) is 0 Å². The van der Waals surface area contributed by atoms with Crippen molar-refractivity contribution in [3.8, 4) is 0 Å². The van der Waals surface area contributed by atoms with Gasteiger partial charge in [-0.2, -0.15) is 0 Å². The fourth-order valence-corrected chi connectivity index (χ4v) is 1.87. The second-order valence-electron chi connectivity index (χ2n) is 4.73. The zero-order valence-corrected chi connectivity index (χ0v) is 12.1. The molecule has 0 spiro atoms. The highest BCUT2D eigenvalue weighted by Gasteiger charge is 2.08. The third-order valence-electron chi connectivity index (χ3n) is 3.00. The summed E-state index contributed by atoms with van der Waals surface area (Å²) >= 11 is 0. The van der Waals surface area contributed by atoms with Gasteiger partial charge in [0.1, 0.15) is 0 Å². The van der Waals surface area contributed by atoms with Gasteiger partial charge < -0.3 is 10.6 Å². The molecular weight excluding hydrogens is 280 g/mol. The molecule has 0 aromatic heterocycles. The molecule has 0 saturated heterocycles. The number of rotatable bonds is 5. The Bertz CT molecular complexity index is 696. The van der Waals surface area contributed by atoms with E-state index in [1.807, 2.05) is 6.07 Å². The maximum atomic E-state index is 11.8. The normalized spacial score (nSPS) is 9.86. The van der Waals surface area contributed by atoms with Crippen LogP contribution in [0.4, 0.5) is 5.69 Å². The zero-order valence-electron chi connectivity index (χ0n) is 12.1. The average Bonchev–Trinajstić information content (AvgIpc) is 2.53. The molecule has 0 aliphatic rings. The van der Waals surface area contributed by atoms with Gasteiger partial charge in [-0.3, -0.25) is 14.4 Å². The Kier molecular flexibility index (Phi) is 5.03. The van der Waals surface area contributed by atoms with Gasteiger partial charge in [-0.05, 0) is 31.2 Å². The summed E-state index contributed by atoms with van der Waals surface area (Å²) in [5, 5.41) is 5.18. The van der Waals surface area contributed by atoms with Crippen LogP contribution in [0.1, 0.15) is 27.6 Å². The van der Waals surface area contributed by atoms with E-state index in [1.165, 1.54) is 6.92 Å². The summed E-state index contributed by atoms with van der Waals surface area (Å²) in [6.45, 7) is 1.32. The lowest BCUT2D eigenvalue weighted by Gasteiger charge is -2.08. The molecule has 0 fully saturated rings. The number of Topliss-reactive ketones (excluding diaryl/α,β-unsaturated/α-hetero) is 1. The lowest BCUT2D eigenvalue weighted by Crippen LogP contribution is -2.32. The van der Waals surface area contributed by atoms with E-state index in [-0.39, 0.29) is 24.1 Å². The van der Waals surface area contributed by atoms with Crippen LogP contribution < -0.4 is 10.6 Å². The van der Waals surface area contributed by atoms with Gasteiger partial charge in [-0.1, -0.05) is 30.3 Å². The van der Waals surface area contributed by atoms with Crippen molar-refractivity contribution in [2.24, 2.45) is 0 Å². The molecule has 2 rings (SSSR count). The summed E-state index contributed by atoms with van der Waals surface area (Å²) in [6, 6.07) is 15.3. The maximum absolute atomic E-state index is 11.8. The predicted octanol–water partition coefficient (Wildman–Crippen LogP) is 2.26. The first-order chi connectivity index (χ1) is 10.6. The van der Waals surface area contributed by atoms with Crippen molar-refractivity contribution < 1.29 is 14.4 Å². The van der Waals surface area contributed by atoms with Gasteiger partial charge in [0.25, 0.3) is 5.91 Å². The van der Waals surface area contributed by atoms with Crippen molar-refractivity contribution >= 4 is 23.3 Å². The summed E-state index contributed by atoms with van der Waals surface area (Å²) in [5.41, 5.74) is 1.53. The van der Waals surface area contributed by atoms with Gasteiger partial charge in [-0.15, -0.1) is 0 Å². The Balaban J connectivity index is 1.89. The number of hydrogen-bond donors (Lipinski definition) is 2. The highest BCUT2D eigenvalue weighted by molar-refractivity contribution is 6.00. The van der Waals surface area contributed by atoms with Gasteiger partial charge in [0, 0.05) is 16.8 Å². The van der Waals surface area contributed by atoms with Crippen molar-refractivity contribution in [3.63, 3.8) is 0 Å². The number of benzene rings is 2. The molecule has 22 heavy (non-hydrogen) atoms. The number of anilines is 1. The minimum absolute atomic E-state index is 0.0755. The first kappa shape index (κ1) is 15.4. The molecule has 0 heterocycles. The second-order valence-corrected chi connectivity index (χ2v) is 4.73. The second kappa shape index (κ2) is 7.17. The molecule has 5 nitrogen and oxygen atoms in total. The SMILES string of the molecule is CC(=O)c1cccc(NC(=O)CNC(=O)c2ccccc2)c1. The van der Waals surface area contributed by atoms with E-state index in [9.17, 15) is 14.4 Å². The van der Waals surface area contributed by atoms with Crippen LogP contribution >= 0.6 is 0 Å². The van der Waals surface area contributed by atoms with Gasteiger partial charge in [-0.25, -0.2) is 0 Å². The molecule has 112 valence electrons. The zero-order chi connectivity index (χ0) is 15.9. The van der Waals surface area contributed by atoms with Crippen molar-refractivity contribution in [1.29, 1.82) is 0 Å². The predicted molar refractivity (Wildman–Crippen MR) is 83.9 cm³/mol. The van der Waals surface area contributed by atoms with Crippen LogP contribution in [0.25, 0.3) is 0 Å². The number of carbonyl (C=O) groups excluding carboxylic acids is 3. The maximum Gasteiger partial charge on any atom is 0.251 e. The minimum atomic E-state index is -0.356. The Morgan fingerprint density at radius 2 is 1.59 bits per heavy atom. The van der Waals surface area contributed by atoms with E-state index >= 15 is 0 Å². The molecule has 2 amide bonds. The third-order valence-corrected chi connectivity index (χ3v) is 3.00. The van der Waals surface area contributed by atoms with Crippen LogP contribution in [0.5, 0.6) is 0 Å². The summed E-state index contributed by atoms with van der Waals surface area (Å²) in [4.78, 5) is 34.9.